The van der Waals surface area contributed by atoms with Gasteiger partial charge < -0.3 is 15.4 Å². The van der Waals surface area contributed by atoms with Crippen molar-refractivity contribution in [3.63, 3.8) is 0 Å². The first-order valence-electron chi connectivity index (χ1n) is 5.83. The van der Waals surface area contributed by atoms with Crippen molar-refractivity contribution < 1.29 is 9.53 Å². The van der Waals surface area contributed by atoms with Crippen LogP contribution in [0.2, 0.25) is 0 Å². The summed E-state index contributed by atoms with van der Waals surface area (Å²) in [5.74, 6) is 0.750. The molecule has 0 aromatic carbocycles. The van der Waals surface area contributed by atoms with Crippen LogP contribution >= 0.6 is 0 Å². The van der Waals surface area contributed by atoms with E-state index in [1.54, 1.807) is 0 Å². The van der Waals surface area contributed by atoms with Crippen LogP contribution in [-0.4, -0.2) is 38.3 Å². The van der Waals surface area contributed by atoms with Crippen LogP contribution in [0.1, 0.15) is 26.7 Å². The average Bonchev–Trinajstić information content (AvgIpc) is 2.27. The lowest BCUT2D eigenvalue weighted by Crippen LogP contribution is -2.44. The molecule has 0 saturated carbocycles. The number of carbonyl (C=O) groups excluding carboxylic acids is 1. The van der Waals surface area contributed by atoms with Crippen LogP contribution in [0.25, 0.3) is 0 Å². The Morgan fingerprint density at radius 1 is 1.47 bits per heavy atom. The van der Waals surface area contributed by atoms with Gasteiger partial charge in [0.2, 0.25) is 5.91 Å². The van der Waals surface area contributed by atoms with E-state index in [0.717, 1.165) is 32.6 Å². The second-order valence-electron chi connectivity index (χ2n) is 4.08. The maximum absolute atomic E-state index is 11.4. The van der Waals surface area contributed by atoms with Crippen LogP contribution < -0.4 is 10.6 Å². The maximum Gasteiger partial charge on any atom is 0.236 e. The molecule has 1 aliphatic rings. The molecule has 1 fully saturated rings. The zero-order chi connectivity index (χ0) is 11.1. The van der Waals surface area contributed by atoms with E-state index in [1.807, 2.05) is 13.8 Å². The van der Waals surface area contributed by atoms with Crippen LogP contribution in [0.3, 0.4) is 0 Å². The van der Waals surface area contributed by atoms with Crippen LogP contribution in [-0.2, 0) is 9.53 Å². The first-order valence-corrected chi connectivity index (χ1v) is 5.83. The molecule has 4 heteroatoms. The smallest absolute Gasteiger partial charge is 0.236 e. The first kappa shape index (κ1) is 12.5. The van der Waals surface area contributed by atoms with Gasteiger partial charge in [0, 0.05) is 19.8 Å². The van der Waals surface area contributed by atoms with E-state index < -0.39 is 0 Å². The van der Waals surface area contributed by atoms with Gasteiger partial charge in [-0.2, -0.15) is 0 Å². The zero-order valence-corrected chi connectivity index (χ0v) is 9.71. The van der Waals surface area contributed by atoms with Crippen molar-refractivity contribution in [1.29, 1.82) is 0 Å². The molecule has 15 heavy (non-hydrogen) atoms. The molecule has 1 aliphatic heterocycles. The second-order valence-corrected chi connectivity index (χ2v) is 4.08. The number of nitrogens with one attached hydrogen (secondary N) is 2. The molecule has 2 N–H and O–H groups in total. The Labute approximate surface area is 91.8 Å². The van der Waals surface area contributed by atoms with Crippen LogP contribution in [0.5, 0.6) is 0 Å². The number of likely N-dealkylation sites (N-methyl/N-ethyl adjacent to an activating group) is 1. The van der Waals surface area contributed by atoms with E-state index in [1.165, 1.54) is 0 Å². The lowest BCUT2D eigenvalue weighted by atomic mass is 10.0. The summed E-state index contributed by atoms with van der Waals surface area (Å²) < 4.78 is 5.29. The summed E-state index contributed by atoms with van der Waals surface area (Å²) in [7, 11) is 0. The molecule has 0 spiro atoms. The highest BCUT2D eigenvalue weighted by Crippen LogP contribution is 2.13. The predicted molar refractivity (Wildman–Crippen MR) is 59.7 cm³/mol. The second kappa shape index (κ2) is 6.80. The third kappa shape index (κ3) is 4.62. The summed E-state index contributed by atoms with van der Waals surface area (Å²) in [6, 6.07) is -0.0900. The van der Waals surface area contributed by atoms with Crippen molar-refractivity contribution >= 4 is 5.91 Å². The fourth-order valence-electron chi connectivity index (χ4n) is 1.71. The number of hydrogen-bond donors (Lipinski definition) is 2. The zero-order valence-electron chi connectivity index (χ0n) is 9.71. The Kier molecular flexibility index (Phi) is 5.65. The molecule has 0 aliphatic carbocycles. The molecular weight excluding hydrogens is 192 g/mol. The van der Waals surface area contributed by atoms with Gasteiger partial charge in [0.1, 0.15) is 0 Å². The molecule has 1 saturated heterocycles. The molecule has 0 bridgehead atoms. The largest absolute Gasteiger partial charge is 0.381 e. The van der Waals surface area contributed by atoms with Gasteiger partial charge in [0.15, 0.2) is 0 Å². The summed E-state index contributed by atoms with van der Waals surface area (Å²) in [6.07, 6.45) is 2.21. The summed E-state index contributed by atoms with van der Waals surface area (Å²) in [4.78, 5) is 11.4. The summed E-state index contributed by atoms with van der Waals surface area (Å²) in [6.45, 7) is 7.18. The van der Waals surface area contributed by atoms with Crippen molar-refractivity contribution in [1.82, 2.24) is 10.6 Å². The van der Waals surface area contributed by atoms with Crippen LogP contribution in [0, 0.1) is 5.92 Å². The number of hydrogen-bond acceptors (Lipinski definition) is 3. The summed E-state index contributed by atoms with van der Waals surface area (Å²) in [5, 5.41) is 6.08. The quantitative estimate of drug-likeness (QED) is 0.702. The molecule has 0 radical (unpaired) electrons. The number of carbonyl (C=O) groups is 1. The molecule has 88 valence electrons. The standard InChI is InChI=1S/C11H22N2O2/c1-3-12-11(14)9(2)13-8-10-4-6-15-7-5-10/h9-10,13H,3-8H2,1-2H3,(H,12,14). The van der Waals surface area contributed by atoms with E-state index in [9.17, 15) is 4.79 Å². The number of rotatable bonds is 5. The van der Waals surface area contributed by atoms with E-state index in [0.29, 0.717) is 12.5 Å². The molecular formula is C11H22N2O2. The lowest BCUT2D eigenvalue weighted by molar-refractivity contribution is -0.122. The van der Waals surface area contributed by atoms with Crippen LogP contribution in [0.4, 0.5) is 0 Å². The summed E-state index contributed by atoms with van der Waals surface area (Å²) >= 11 is 0. The fraction of sp³-hybridized carbons (Fsp3) is 0.909. The van der Waals surface area contributed by atoms with E-state index >= 15 is 0 Å². The molecule has 1 heterocycles. The van der Waals surface area contributed by atoms with E-state index in [2.05, 4.69) is 10.6 Å². The molecule has 1 rings (SSSR count). The van der Waals surface area contributed by atoms with Crippen molar-refractivity contribution in [3.8, 4) is 0 Å². The van der Waals surface area contributed by atoms with E-state index in [4.69, 9.17) is 4.74 Å². The van der Waals surface area contributed by atoms with Gasteiger partial charge in [0.25, 0.3) is 0 Å². The van der Waals surface area contributed by atoms with Gasteiger partial charge in [-0.05, 0) is 39.2 Å². The highest BCUT2D eigenvalue weighted by atomic mass is 16.5. The molecule has 1 unspecified atom stereocenters. The highest BCUT2D eigenvalue weighted by Gasteiger charge is 2.16. The highest BCUT2D eigenvalue weighted by molar-refractivity contribution is 5.81. The van der Waals surface area contributed by atoms with Gasteiger partial charge in [-0.25, -0.2) is 0 Å². The number of amides is 1. The minimum Gasteiger partial charge on any atom is -0.381 e. The Hall–Kier alpha value is -0.610. The SMILES string of the molecule is CCNC(=O)C(C)NCC1CCOCC1. The molecule has 4 nitrogen and oxygen atoms in total. The van der Waals surface area contributed by atoms with Crippen molar-refractivity contribution in [2.45, 2.75) is 32.7 Å². The maximum atomic E-state index is 11.4. The van der Waals surface area contributed by atoms with E-state index in [-0.39, 0.29) is 11.9 Å². The van der Waals surface area contributed by atoms with Gasteiger partial charge in [-0.3, -0.25) is 4.79 Å². The molecule has 0 aromatic heterocycles. The lowest BCUT2D eigenvalue weighted by Gasteiger charge is -2.23. The monoisotopic (exact) mass is 214 g/mol. The fourth-order valence-corrected chi connectivity index (χ4v) is 1.71. The van der Waals surface area contributed by atoms with Gasteiger partial charge >= 0.3 is 0 Å². The Bertz CT molecular complexity index is 191. The van der Waals surface area contributed by atoms with Crippen molar-refractivity contribution in [2.75, 3.05) is 26.3 Å². The normalized spacial score (nSPS) is 19.9. The predicted octanol–water partition coefficient (Wildman–Crippen LogP) is 0.527. The average molecular weight is 214 g/mol. The molecule has 1 atom stereocenters. The summed E-state index contributed by atoms with van der Waals surface area (Å²) in [5.41, 5.74) is 0. The Morgan fingerprint density at radius 2 is 2.13 bits per heavy atom. The third-order valence-corrected chi connectivity index (χ3v) is 2.80. The van der Waals surface area contributed by atoms with Gasteiger partial charge in [-0.1, -0.05) is 0 Å². The topological polar surface area (TPSA) is 50.4 Å². The van der Waals surface area contributed by atoms with Gasteiger partial charge in [0.05, 0.1) is 6.04 Å². The van der Waals surface area contributed by atoms with Crippen LogP contribution in [0.15, 0.2) is 0 Å². The minimum absolute atomic E-state index is 0.0876. The first-order chi connectivity index (χ1) is 7.24. The Balaban J connectivity index is 2.14. The minimum atomic E-state index is -0.0900. The number of ether oxygens (including phenoxy) is 1. The van der Waals surface area contributed by atoms with Gasteiger partial charge in [-0.15, -0.1) is 0 Å². The molecule has 0 aromatic rings. The molecule has 1 amide bonds. The Morgan fingerprint density at radius 3 is 2.73 bits per heavy atom. The van der Waals surface area contributed by atoms with Crippen molar-refractivity contribution in [2.24, 2.45) is 5.92 Å². The third-order valence-electron chi connectivity index (χ3n) is 2.80. The van der Waals surface area contributed by atoms with Crippen molar-refractivity contribution in [3.05, 3.63) is 0 Å².